The van der Waals surface area contributed by atoms with E-state index in [2.05, 4.69) is 0 Å². The van der Waals surface area contributed by atoms with Crippen molar-refractivity contribution in [3.05, 3.63) is 34.0 Å². The maximum atomic E-state index is 13.9. The van der Waals surface area contributed by atoms with Crippen molar-refractivity contribution in [2.75, 3.05) is 13.1 Å². The van der Waals surface area contributed by atoms with Crippen molar-refractivity contribution in [3.8, 4) is 5.75 Å². The van der Waals surface area contributed by atoms with E-state index in [1.807, 2.05) is 6.07 Å². The lowest BCUT2D eigenvalue weighted by Gasteiger charge is -2.67. The van der Waals surface area contributed by atoms with Gasteiger partial charge < -0.3 is 25.4 Å². The zero-order chi connectivity index (χ0) is 19.5. The first-order valence-electron chi connectivity index (χ1n) is 10.3. The third-order valence-corrected chi connectivity index (χ3v) is 8.14. The molecule has 2 bridgehead atoms. The molecule has 2 unspecified atom stereocenters. The van der Waals surface area contributed by atoms with Gasteiger partial charge in [0.2, 0.25) is 0 Å². The van der Waals surface area contributed by atoms with E-state index >= 15 is 0 Å². The molecule has 148 valence electrons. The normalized spacial score (nSPS) is 42.7. The van der Waals surface area contributed by atoms with E-state index in [4.69, 9.17) is 10.5 Å². The summed E-state index contributed by atoms with van der Waals surface area (Å²) >= 11 is 0. The molecule has 3 fully saturated rings. The number of benzene rings is 1. The Morgan fingerprint density at radius 2 is 2.14 bits per heavy atom. The van der Waals surface area contributed by atoms with E-state index in [9.17, 15) is 19.9 Å². The minimum atomic E-state index is -1.30. The number of ketones is 1. The number of quaternary nitrogens is 1. The molecule has 0 radical (unpaired) electrons. The van der Waals surface area contributed by atoms with Crippen LogP contribution in [0.15, 0.2) is 12.1 Å². The second kappa shape index (κ2) is 4.96. The Bertz CT molecular complexity index is 943. The molecule has 3 N–H and O–H groups in total. The van der Waals surface area contributed by atoms with Crippen LogP contribution in [0.1, 0.15) is 53.6 Å². The summed E-state index contributed by atoms with van der Waals surface area (Å²) in [5.74, 6) is 0.140. The van der Waals surface area contributed by atoms with Crippen molar-refractivity contribution >= 4 is 11.7 Å². The first kappa shape index (κ1) is 16.9. The van der Waals surface area contributed by atoms with Gasteiger partial charge >= 0.3 is 0 Å². The number of piperidine rings is 1. The van der Waals surface area contributed by atoms with Crippen molar-refractivity contribution in [3.63, 3.8) is 0 Å². The second-order valence-corrected chi connectivity index (χ2v) is 9.47. The third kappa shape index (κ3) is 1.76. The van der Waals surface area contributed by atoms with E-state index in [0.29, 0.717) is 37.6 Å². The summed E-state index contributed by atoms with van der Waals surface area (Å²) in [5, 5.41) is 26.0. The maximum Gasteiger partial charge on any atom is 0.252 e. The second-order valence-electron chi connectivity index (χ2n) is 9.47. The summed E-state index contributed by atoms with van der Waals surface area (Å²) in [6, 6.07) is 2.97. The lowest BCUT2D eigenvalue weighted by atomic mass is 9.48. The Hall–Kier alpha value is -1.96. The Morgan fingerprint density at radius 1 is 1.36 bits per heavy atom. The van der Waals surface area contributed by atoms with E-state index < -0.39 is 29.1 Å². The van der Waals surface area contributed by atoms with Crippen LogP contribution in [0.25, 0.3) is 0 Å². The number of Topliss-reactive ketones (excluding diaryl/α,β-unsaturated/α-hetero) is 1. The number of carbonyl (C=O) groups excluding carboxylic acids is 2. The van der Waals surface area contributed by atoms with Crippen LogP contribution < -0.4 is 10.5 Å². The van der Waals surface area contributed by atoms with Crippen molar-refractivity contribution in [2.45, 2.75) is 61.7 Å². The molecule has 3 aliphatic carbocycles. The molecule has 2 saturated carbocycles. The summed E-state index contributed by atoms with van der Waals surface area (Å²) in [5.41, 5.74) is 5.26. The lowest BCUT2D eigenvalue weighted by Crippen LogP contribution is -2.80. The number of rotatable bonds is 3. The summed E-state index contributed by atoms with van der Waals surface area (Å²) in [4.78, 5) is 24.8. The zero-order valence-corrected chi connectivity index (χ0v) is 15.6. The van der Waals surface area contributed by atoms with E-state index in [1.54, 1.807) is 6.07 Å². The molecule has 5 atom stereocenters. The Morgan fingerprint density at radius 3 is 2.86 bits per heavy atom. The van der Waals surface area contributed by atoms with Crippen molar-refractivity contribution < 1.29 is 24.1 Å². The quantitative estimate of drug-likeness (QED) is 0.595. The van der Waals surface area contributed by atoms with Gasteiger partial charge in [0.1, 0.15) is 17.4 Å². The average molecular weight is 384 g/mol. The summed E-state index contributed by atoms with van der Waals surface area (Å²) < 4.78 is 5.71. The number of amides is 1. The summed E-state index contributed by atoms with van der Waals surface area (Å²) in [6.07, 6.45) is 2.66. The molecule has 1 aromatic carbocycles. The predicted molar refractivity (Wildman–Crippen MR) is 98.4 cm³/mol. The fourth-order valence-electron chi connectivity index (χ4n) is 6.75. The van der Waals surface area contributed by atoms with Gasteiger partial charge in [0, 0.05) is 30.7 Å². The van der Waals surface area contributed by atoms with Crippen molar-refractivity contribution in [1.29, 1.82) is 0 Å². The number of ether oxygens (including phenoxy) is 1. The molecule has 1 amide bonds. The summed E-state index contributed by atoms with van der Waals surface area (Å²) in [7, 11) is 0. The zero-order valence-electron chi connectivity index (χ0n) is 15.6. The Kier molecular flexibility index (Phi) is 3.00. The van der Waals surface area contributed by atoms with Gasteiger partial charge in [-0.25, -0.2) is 0 Å². The van der Waals surface area contributed by atoms with Crippen molar-refractivity contribution in [1.82, 2.24) is 0 Å². The highest BCUT2D eigenvalue weighted by Gasteiger charge is 2.76. The van der Waals surface area contributed by atoms with Crippen LogP contribution in [-0.2, 0) is 16.6 Å². The number of hydrogen-bond acceptors (Lipinski definition) is 5. The molecule has 5 aliphatic rings. The number of hydroxylamine groups is 3. The van der Waals surface area contributed by atoms with Crippen molar-refractivity contribution in [2.24, 2.45) is 11.7 Å². The molecular weight excluding hydrogens is 360 g/mol. The molecule has 7 nitrogen and oxygen atoms in total. The smallest absolute Gasteiger partial charge is 0.252 e. The average Bonchev–Trinajstić information content (AvgIpc) is 3.37. The topological polar surface area (TPSA) is 113 Å². The third-order valence-electron chi connectivity index (χ3n) is 8.14. The van der Waals surface area contributed by atoms with E-state index in [0.717, 1.165) is 24.0 Å². The Labute approximate surface area is 162 Å². The fourth-order valence-corrected chi connectivity index (χ4v) is 6.75. The van der Waals surface area contributed by atoms with Crippen LogP contribution in [0.4, 0.5) is 0 Å². The Balaban J connectivity index is 1.60. The first-order valence-corrected chi connectivity index (χ1v) is 10.3. The molecule has 2 heterocycles. The lowest BCUT2D eigenvalue weighted by molar-refractivity contribution is -0.923. The van der Waals surface area contributed by atoms with Gasteiger partial charge in [-0.3, -0.25) is 9.59 Å². The number of primary amides is 1. The summed E-state index contributed by atoms with van der Waals surface area (Å²) in [6.45, 7) is 0.917. The number of hydrogen-bond donors (Lipinski definition) is 2. The molecular formula is C21H24N2O5. The number of aliphatic hydroxyl groups is 1. The van der Waals surface area contributed by atoms with Gasteiger partial charge in [-0.1, -0.05) is 6.07 Å². The highest BCUT2D eigenvalue weighted by molar-refractivity contribution is 5.98. The van der Waals surface area contributed by atoms with Crippen LogP contribution in [0.5, 0.6) is 5.75 Å². The van der Waals surface area contributed by atoms with Gasteiger partial charge in [-0.05, 0) is 30.9 Å². The number of likely N-dealkylation sites (tertiary alicyclic amines) is 1. The van der Waals surface area contributed by atoms with Gasteiger partial charge in [0.05, 0.1) is 24.1 Å². The van der Waals surface area contributed by atoms with Crippen LogP contribution in [0.2, 0.25) is 0 Å². The van der Waals surface area contributed by atoms with Gasteiger partial charge in [0.25, 0.3) is 5.91 Å². The highest BCUT2D eigenvalue weighted by Crippen LogP contribution is 2.65. The van der Waals surface area contributed by atoms with Crippen LogP contribution in [0.3, 0.4) is 0 Å². The predicted octanol–water partition coefficient (Wildman–Crippen LogP) is 0.931. The molecule has 6 rings (SSSR count). The van der Waals surface area contributed by atoms with Gasteiger partial charge in [-0.15, -0.1) is 0 Å². The standard InChI is InChI=1S/C21H24N2O5/c22-19(25)13-4-3-12-9-15-21(26)6-5-14(24)18-20(21,16(12)17(13)28-18)7-8-23(15,27)10-11-1-2-11/h3-4,11,15,18,26H,1-2,5-10H2,(H2,22,25)/t15-,18+,20?,21-,23?/m1/s1. The van der Waals surface area contributed by atoms with Gasteiger partial charge in [-0.2, -0.15) is 0 Å². The van der Waals surface area contributed by atoms with Crippen LogP contribution in [-0.4, -0.2) is 52.3 Å². The molecule has 28 heavy (non-hydrogen) atoms. The van der Waals surface area contributed by atoms with Crippen LogP contribution in [0, 0.1) is 11.1 Å². The van der Waals surface area contributed by atoms with E-state index in [-0.39, 0.29) is 28.8 Å². The SMILES string of the molecule is NC(=O)c1ccc2c3c1O[C@H]1C(=O)CC[C@@]4(O)[C@@H](C2)[N+]([O-])(CC2CC2)CCC314. The monoisotopic (exact) mass is 384 g/mol. The number of nitrogens with zero attached hydrogens (tertiary/aromatic N) is 1. The van der Waals surface area contributed by atoms with E-state index in [1.165, 1.54) is 0 Å². The van der Waals surface area contributed by atoms with Crippen LogP contribution >= 0.6 is 0 Å². The minimum Gasteiger partial charge on any atom is -0.632 e. The largest absolute Gasteiger partial charge is 0.632 e. The molecule has 7 heteroatoms. The van der Waals surface area contributed by atoms with Gasteiger partial charge in [0.15, 0.2) is 11.9 Å². The molecule has 2 aliphatic heterocycles. The fraction of sp³-hybridized carbons (Fsp3) is 0.619. The molecule has 1 spiro atoms. The number of nitrogens with two attached hydrogens (primary N) is 1. The highest BCUT2D eigenvalue weighted by atomic mass is 16.6. The molecule has 0 aromatic heterocycles. The first-order chi connectivity index (χ1) is 13.3. The molecule has 1 saturated heterocycles. The molecule has 1 aromatic rings. The number of carbonyl (C=O) groups is 2. The minimum absolute atomic E-state index is 0.0593. The maximum absolute atomic E-state index is 13.9.